The SMILES string of the molecule is O=c1c2ccc(OCc3ccccn3)cc2oc2cc(N3CCOCC3)cc(O)c12. The predicted octanol–water partition coefficient (Wildman–Crippen LogP) is 3.46. The van der Waals surface area contributed by atoms with Crippen molar-refractivity contribution in [2.24, 2.45) is 0 Å². The Labute approximate surface area is 172 Å². The lowest BCUT2D eigenvalue weighted by molar-refractivity contribution is 0.122. The minimum Gasteiger partial charge on any atom is -0.507 e. The summed E-state index contributed by atoms with van der Waals surface area (Å²) in [5.41, 5.74) is 2.08. The first-order valence-corrected chi connectivity index (χ1v) is 9.78. The van der Waals surface area contributed by atoms with Gasteiger partial charge in [-0.25, -0.2) is 0 Å². The van der Waals surface area contributed by atoms with E-state index in [1.165, 1.54) is 0 Å². The Morgan fingerprint density at radius 3 is 2.73 bits per heavy atom. The van der Waals surface area contributed by atoms with E-state index in [2.05, 4.69) is 9.88 Å². The third-order valence-corrected chi connectivity index (χ3v) is 5.20. The first-order chi connectivity index (χ1) is 14.7. The van der Waals surface area contributed by atoms with Crippen LogP contribution in [0.3, 0.4) is 0 Å². The van der Waals surface area contributed by atoms with Crippen molar-refractivity contribution < 1.29 is 19.0 Å². The van der Waals surface area contributed by atoms with Gasteiger partial charge in [0.1, 0.15) is 34.7 Å². The van der Waals surface area contributed by atoms with Gasteiger partial charge in [-0.1, -0.05) is 6.07 Å². The average Bonchev–Trinajstić information content (AvgIpc) is 2.78. The first kappa shape index (κ1) is 18.4. The van der Waals surface area contributed by atoms with Crippen LogP contribution < -0.4 is 15.1 Å². The molecule has 7 heteroatoms. The van der Waals surface area contributed by atoms with Gasteiger partial charge in [0.05, 0.1) is 24.3 Å². The monoisotopic (exact) mass is 404 g/mol. The van der Waals surface area contributed by atoms with Crippen molar-refractivity contribution in [3.05, 3.63) is 70.6 Å². The molecule has 1 fully saturated rings. The topological polar surface area (TPSA) is 85.0 Å². The van der Waals surface area contributed by atoms with Gasteiger partial charge in [0.2, 0.25) is 5.43 Å². The van der Waals surface area contributed by atoms with Crippen molar-refractivity contribution in [2.75, 3.05) is 31.2 Å². The Bertz CT molecular complexity index is 1260. The quantitative estimate of drug-likeness (QED) is 0.522. The van der Waals surface area contributed by atoms with Gasteiger partial charge in [-0.15, -0.1) is 0 Å². The second kappa shape index (κ2) is 7.68. The van der Waals surface area contributed by atoms with Crippen molar-refractivity contribution in [1.29, 1.82) is 0 Å². The molecule has 152 valence electrons. The van der Waals surface area contributed by atoms with Gasteiger partial charge in [0.25, 0.3) is 0 Å². The van der Waals surface area contributed by atoms with Gasteiger partial charge in [-0.3, -0.25) is 9.78 Å². The molecule has 0 atom stereocenters. The van der Waals surface area contributed by atoms with Crippen LogP contribution >= 0.6 is 0 Å². The lowest BCUT2D eigenvalue weighted by Gasteiger charge is -2.29. The van der Waals surface area contributed by atoms with E-state index in [-0.39, 0.29) is 16.6 Å². The number of phenolic OH excluding ortho intramolecular Hbond substituents is 1. The number of morpholine rings is 1. The number of aromatic hydroxyl groups is 1. The van der Waals surface area contributed by atoms with E-state index in [0.29, 0.717) is 55.2 Å². The number of nitrogens with zero attached hydrogens (tertiary/aromatic N) is 2. The predicted molar refractivity (Wildman–Crippen MR) is 113 cm³/mol. The van der Waals surface area contributed by atoms with E-state index in [1.54, 1.807) is 36.5 Å². The maximum Gasteiger partial charge on any atom is 0.204 e. The third kappa shape index (κ3) is 3.44. The van der Waals surface area contributed by atoms with E-state index in [1.807, 2.05) is 18.2 Å². The number of benzene rings is 2. The molecule has 0 radical (unpaired) electrons. The number of hydrogen-bond donors (Lipinski definition) is 1. The minimum atomic E-state index is -0.270. The molecule has 3 heterocycles. The van der Waals surface area contributed by atoms with Gasteiger partial charge >= 0.3 is 0 Å². The molecule has 0 aliphatic carbocycles. The Balaban J connectivity index is 1.54. The van der Waals surface area contributed by atoms with Crippen LogP contribution in [0.25, 0.3) is 21.9 Å². The maximum atomic E-state index is 13.0. The van der Waals surface area contributed by atoms with Crippen molar-refractivity contribution in [3.8, 4) is 11.5 Å². The second-order valence-corrected chi connectivity index (χ2v) is 7.14. The van der Waals surface area contributed by atoms with Gasteiger partial charge < -0.3 is 23.9 Å². The number of anilines is 1. The number of aromatic nitrogens is 1. The third-order valence-electron chi connectivity index (χ3n) is 5.20. The van der Waals surface area contributed by atoms with E-state index in [0.717, 1.165) is 11.4 Å². The summed E-state index contributed by atoms with van der Waals surface area (Å²) in [6.07, 6.45) is 1.71. The van der Waals surface area contributed by atoms with Crippen molar-refractivity contribution in [3.63, 3.8) is 0 Å². The van der Waals surface area contributed by atoms with Gasteiger partial charge in [0, 0.05) is 43.2 Å². The molecular formula is C23H20N2O5. The van der Waals surface area contributed by atoms with Gasteiger partial charge in [-0.05, 0) is 24.3 Å². The van der Waals surface area contributed by atoms with Crippen LogP contribution in [0.5, 0.6) is 11.5 Å². The van der Waals surface area contributed by atoms with Gasteiger partial charge in [-0.2, -0.15) is 0 Å². The number of hydrogen-bond acceptors (Lipinski definition) is 7. The van der Waals surface area contributed by atoms with Crippen LogP contribution in [-0.2, 0) is 11.3 Å². The zero-order chi connectivity index (χ0) is 20.5. The minimum absolute atomic E-state index is 0.0832. The molecule has 30 heavy (non-hydrogen) atoms. The molecule has 4 aromatic rings. The molecule has 2 aromatic carbocycles. The second-order valence-electron chi connectivity index (χ2n) is 7.14. The van der Waals surface area contributed by atoms with E-state index in [9.17, 15) is 9.90 Å². The fraction of sp³-hybridized carbons (Fsp3) is 0.217. The highest BCUT2D eigenvalue weighted by atomic mass is 16.5. The van der Waals surface area contributed by atoms with Crippen LogP contribution in [0.15, 0.2) is 63.9 Å². The lowest BCUT2D eigenvalue weighted by atomic mass is 10.1. The van der Waals surface area contributed by atoms with Crippen LogP contribution in [0, 0.1) is 0 Å². The molecule has 1 N–H and O–H groups in total. The lowest BCUT2D eigenvalue weighted by Crippen LogP contribution is -2.36. The summed E-state index contributed by atoms with van der Waals surface area (Å²) in [6.45, 7) is 2.99. The van der Waals surface area contributed by atoms with Crippen LogP contribution in [-0.4, -0.2) is 36.4 Å². The summed E-state index contributed by atoms with van der Waals surface area (Å²) in [4.78, 5) is 19.3. The Morgan fingerprint density at radius 2 is 1.93 bits per heavy atom. The fourth-order valence-electron chi connectivity index (χ4n) is 3.66. The molecule has 0 spiro atoms. The molecule has 7 nitrogen and oxygen atoms in total. The van der Waals surface area contributed by atoms with Gasteiger partial charge in [0.15, 0.2) is 0 Å². The molecule has 0 bridgehead atoms. The highest BCUT2D eigenvalue weighted by Crippen LogP contribution is 2.32. The zero-order valence-corrected chi connectivity index (χ0v) is 16.2. The van der Waals surface area contributed by atoms with Crippen molar-refractivity contribution >= 4 is 27.6 Å². The molecule has 0 saturated carbocycles. The standard InChI is InChI=1S/C23H20N2O5/c26-19-11-16(25-7-9-28-10-8-25)12-21-22(19)23(27)18-5-4-17(13-20(18)30-21)29-14-15-3-1-2-6-24-15/h1-6,11-13,26H,7-10,14H2. The van der Waals surface area contributed by atoms with E-state index < -0.39 is 0 Å². The summed E-state index contributed by atoms with van der Waals surface area (Å²) in [7, 11) is 0. The zero-order valence-electron chi connectivity index (χ0n) is 16.2. The van der Waals surface area contributed by atoms with E-state index in [4.69, 9.17) is 13.9 Å². The van der Waals surface area contributed by atoms with Crippen LogP contribution in [0.4, 0.5) is 5.69 Å². The van der Waals surface area contributed by atoms with Crippen LogP contribution in [0.2, 0.25) is 0 Å². The normalized spacial score (nSPS) is 14.3. The number of pyridine rings is 1. The molecule has 5 rings (SSSR count). The Morgan fingerprint density at radius 1 is 1.07 bits per heavy atom. The maximum absolute atomic E-state index is 13.0. The molecule has 2 aromatic heterocycles. The smallest absolute Gasteiger partial charge is 0.204 e. The Hall–Kier alpha value is -3.58. The summed E-state index contributed by atoms with van der Waals surface area (Å²) >= 11 is 0. The average molecular weight is 404 g/mol. The molecule has 1 saturated heterocycles. The molecule has 0 unspecified atom stereocenters. The number of rotatable bonds is 4. The Kier molecular flexibility index (Phi) is 4.72. The van der Waals surface area contributed by atoms with Crippen LogP contribution in [0.1, 0.15) is 5.69 Å². The number of fused-ring (bicyclic) bond motifs is 2. The highest BCUT2D eigenvalue weighted by Gasteiger charge is 2.18. The number of ether oxygens (including phenoxy) is 2. The summed E-state index contributed by atoms with van der Waals surface area (Å²) in [5.74, 6) is 0.490. The molecule has 0 amide bonds. The summed E-state index contributed by atoms with van der Waals surface area (Å²) in [5, 5.41) is 11.1. The van der Waals surface area contributed by atoms with E-state index >= 15 is 0 Å². The van der Waals surface area contributed by atoms with Crippen molar-refractivity contribution in [2.45, 2.75) is 6.61 Å². The highest BCUT2D eigenvalue weighted by molar-refractivity contribution is 5.95. The molecule has 1 aliphatic rings. The summed E-state index contributed by atoms with van der Waals surface area (Å²) < 4.78 is 17.2. The first-order valence-electron chi connectivity index (χ1n) is 9.78. The number of phenols is 1. The summed E-state index contributed by atoms with van der Waals surface area (Å²) in [6, 6.07) is 14.1. The van der Waals surface area contributed by atoms with Crippen molar-refractivity contribution in [1.82, 2.24) is 4.98 Å². The largest absolute Gasteiger partial charge is 0.507 e. The molecular weight excluding hydrogens is 384 g/mol. The molecule has 1 aliphatic heterocycles. The fourth-order valence-corrected chi connectivity index (χ4v) is 3.66.